The summed E-state index contributed by atoms with van der Waals surface area (Å²) in [6, 6.07) is 0. The van der Waals surface area contributed by atoms with Crippen LogP contribution in [0.1, 0.15) is 66.5 Å². The Morgan fingerprint density at radius 1 is 0.983 bits per heavy atom. The molecule has 3 rings (SSSR count). The average Bonchev–Trinajstić information content (AvgIpc) is 3.67. The van der Waals surface area contributed by atoms with Gasteiger partial charge in [0.05, 0.1) is 19.5 Å². The summed E-state index contributed by atoms with van der Waals surface area (Å²) >= 11 is 1.03. The summed E-state index contributed by atoms with van der Waals surface area (Å²) in [6.45, 7) is 6.11. The maximum absolute atomic E-state index is 12.7. The molecule has 2 amide bonds. The van der Waals surface area contributed by atoms with E-state index in [-0.39, 0.29) is 65.6 Å². The van der Waals surface area contributed by atoms with E-state index in [4.69, 9.17) is 19.5 Å². The number of phosphoric acid groups is 3. The van der Waals surface area contributed by atoms with Crippen LogP contribution in [0.3, 0.4) is 0 Å². The Morgan fingerprint density at radius 3 is 2.30 bits per heavy atom. The molecule has 0 aliphatic carbocycles. The maximum atomic E-state index is 12.7. The third-order valence-electron chi connectivity index (χ3n) is 8.49. The fraction of sp³-hybridized carbons (Fsp3) is 0.710. The molecule has 0 spiro atoms. The van der Waals surface area contributed by atoms with Crippen molar-refractivity contribution in [3.63, 3.8) is 0 Å². The topological polar surface area (TPSA) is 381 Å². The Kier molecular flexibility index (Phi) is 18.9. The van der Waals surface area contributed by atoms with Gasteiger partial charge in [-0.3, -0.25) is 37.3 Å². The molecule has 1 saturated heterocycles. The molecular formula is C31H52N7O18P3S. The number of nitrogen functional groups attached to an aromatic ring is 1. The fourth-order valence-corrected chi connectivity index (χ4v) is 9.30. The number of fused-ring (bicyclic) bond motifs is 1. The minimum absolute atomic E-state index is 0.0256. The average molecular weight is 936 g/mol. The standard InChI is InChI=1S/C31H52N7O18P3S/c1-17(2)10-19(39)11-18(3)12-22(41)60-9-8-33-21(40)6-7-34-29(44)26(43)31(4,5)14-53-59(50,51)56-58(48,49)52-13-20-25(55-57(45,46)47)24(42)30(54-20)38-16-37-23-27(32)35-15-36-28(23)38/h15-18,20,24-26,30,42-43H,6-14H2,1-5H3,(H,33,40)(H,34,44)(H,48,49)(H,50,51)(H2,32,35,36)(H2,45,46,47)/t18?,20-,24-,25-,26+,30-/m1/s1. The Bertz CT molecular complexity index is 1970. The van der Waals surface area contributed by atoms with Crippen LogP contribution in [-0.4, -0.2) is 128 Å². The van der Waals surface area contributed by atoms with E-state index in [0.717, 1.165) is 29.0 Å². The van der Waals surface area contributed by atoms with E-state index in [1.807, 2.05) is 20.8 Å². The van der Waals surface area contributed by atoms with Gasteiger partial charge in [0.1, 0.15) is 42.0 Å². The maximum Gasteiger partial charge on any atom is 0.481 e. The first-order valence-corrected chi connectivity index (χ1v) is 23.8. The molecule has 3 unspecified atom stereocenters. The van der Waals surface area contributed by atoms with Crippen molar-refractivity contribution in [2.45, 2.75) is 90.9 Å². The number of phosphoric ester groups is 3. The lowest BCUT2D eigenvalue weighted by molar-refractivity contribution is -0.137. The number of aliphatic hydroxyl groups is 2. The van der Waals surface area contributed by atoms with E-state index >= 15 is 0 Å². The van der Waals surface area contributed by atoms with E-state index in [0.29, 0.717) is 18.6 Å². The van der Waals surface area contributed by atoms with Gasteiger partial charge in [0, 0.05) is 49.9 Å². The number of nitrogens with two attached hydrogens (primary N) is 1. The third-order valence-corrected chi connectivity index (χ3v) is 12.5. The largest absolute Gasteiger partial charge is 0.481 e. The minimum Gasteiger partial charge on any atom is -0.386 e. The summed E-state index contributed by atoms with van der Waals surface area (Å²) in [5, 5.41) is 26.3. The molecule has 2 aromatic rings. The smallest absolute Gasteiger partial charge is 0.386 e. The number of aliphatic hydroxyl groups excluding tert-OH is 2. The molecule has 60 heavy (non-hydrogen) atoms. The summed E-state index contributed by atoms with van der Waals surface area (Å²) in [5.74, 6) is -0.952. The Labute approximate surface area is 348 Å². The van der Waals surface area contributed by atoms with Gasteiger partial charge in [-0.25, -0.2) is 28.6 Å². The number of amides is 2. The van der Waals surface area contributed by atoms with Gasteiger partial charge in [-0.2, -0.15) is 4.31 Å². The molecule has 0 radical (unpaired) electrons. The van der Waals surface area contributed by atoms with Crippen molar-refractivity contribution < 1.29 is 85.3 Å². The molecule has 0 aromatic carbocycles. The lowest BCUT2D eigenvalue weighted by Gasteiger charge is -2.30. The van der Waals surface area contributed by atoms with Crippen LogP contribution in [0.4, 0.5) is 5.82 Å². The van der Waals surface area contributed by atoms with E-state index in [2.05, 4.69) is 34.4 Å². The van der Waals surface area contributed by atoms with E-state index in [9.17, 15) is 62.7 Å². The monoisotopic (exact) mass is 935 g/mol. The number of aromatic nitrogens is 4. The third kappa shape index (κ3) is 16.5. The summed E-state index contributed by atoms with van der Waals surface area (Å²) in [7, 11) is -16.4. The second kappa shape index (κ2) is 22.0. The first-order valence-electron chi connectivity index (χ1n) is 18.3. The zero-order valence-electron chi connectivity index (χ0n) is 33.3. The second-order valence-corrected chi connectivity index (χ2v) is 20.3. The predicted octanol–water partition coefficient (Wildman–Crippen LogP) is 0.696. The summed E-state index contributed by atoms with van der Waals surface area (Å²) in [4.78, 5) is 100.0. The molecule has 2 aromatic heterocycles. The predicted molar refractivity (Wildman–Crippen MR) is 210 cm³/mol. The van der Waals surface area contributed by atoms with Crippen molar-refractivity contribution in [2.24, 2.45) is 17.3 Å². The number of carbonyl (C=O) groups is 4. The molecule has 1 fully saturated rings. The molecule has 8 atom stereocenters. The summed E-state index contributed by atoms with van der Waals surface area (Å²) in [5.41, 5.74) is 4.24. The van der Waals surface area contributed by atoms with Crippen LogP contribution in [0.25, 0.3) is 11.2 Å². The number of thioether (sulfide) groups is 1. The van der Waals surface area contributed by atoms with Crippen LogP contribution in [-0.2, 0) is 55.5 Å². The number of rotatable bonds is 25. The first kappa shape index (κ1) is 51.6. The number of ether oxygens (including phenoxy) is 1. The lowest BCUT2D eigenvalue weighted by Crippen LogP contribution is -2.46. The van der Waals surface area contributed by atoms with Crippen LogP contribution in [0.5, 0.6) is 0 Å². The van der Waals surface area contributed by atoms with Gasteiger partial charge in [-0.05, 0) is 11.8 Å². The van der Waals surface area contributed by atoms with Crippen molar-refractivity contribution in [2.75, 3.05) is 37.8 Å². The second-order valence-electron chi connectivity index (χ2n) is 14.9. The van der Waals surface area contributed by atoms with E-state index < -0.39 is 84.6 Å². The molecule has 3 heterocycles. The number of imidazole rings is 1. The molecular weight excluding hydrogens is 883 g/mol. The zero-order valence-corrected chi connectivity index (χ0v) is 36.8. The normalized spacial score (nSPS) is 21.6. The van der Waals surface area contributed by atoms with Crippen LogP contribution in [0.2, 0.25) is 0 Å². The molecule has 0 saturated carbocycles. The summed E-state index contributed by atoms with van der Waals surface area (Å²) < 4.78 is 62.2. The van der Waals surface area contributed by atoms with Crippen molar-refractivity contribution >= 4 is 74.9 Å². The molecule has 10 N–H and O–H groups in total. The van der Waals surface area contributed by atoms with Crippen molar-refractivity contribution in [3.8, 4) is 0 Å². The van der Waals surface area contributed by atoms with Gasteiger partial charge >= 0.3 is 23.5 Å². The van der Waals surface area contributed by atoms with E-state index in [1.165, 1.54) is 13.8 Å². The van der Waals surface area contributed by atoms with Crippen LogP contribution < -0.4 is 16.4 Å². The Hall–Kier alpha value is -2.77. The quantitative estimate of drug-likeness (QED) is 0.0488. The van der Waals surface area contributed by atoms with E-state index in [1.54, 1.807) is 0 Å². The molecule has 25 nitrogen and oxygen atoms in total. The highest BCUT2D eigenvalue weighted by molar-refractivity contribution is 8.13. The number of ketones is 1. The minimum atomic E-state index is -5.58. The van der Waals surface area contributed by atoms with Crippen LogP contribution >= 0.6 is 35.2 Å². The zero-order chi connectivity index (χ0) is 45.2. The molecule has 340 valence electrons. The Balaban J connectivity index is 1.44. The highest BCUT2D eigenvalue weighted by atomic mass is 32.2. The number of anilines is 1. The number of Topliss-reactive ketones (excluding diaryl/α,β-unsaturated/α-hetero) is 1. The lowest BCUT2D eigenvalue weighted by atomic mass is 9.87. The van der Waals surface area contributed by atoms with Gasteiger partial charge in [-0.1, -0.05) is 46.4 Å². The van der Waals surface area contributed by atoms with Gasteiger partial charge in [0.25, 0.3) is 0 Å². The van der Waals surface area contributed by atoms with Gasteiger partial charge < -0.3 is 50.9 Å². The number of hydrogen-bond acceptors (Lipinski definition) is 19. The number of nitrogens with one attached hydrogen (secondary N) is 2. The Morgan fingerprint density at radius 2 is 1.65 bits per heavy atom. The van der Waals surface area contributed by atoms with Gasteiger partial charge in [0.15, 0.2) is 22.8 Å². The number of hydrogen-bond donors (Lipinski definition) is 9. The summed E-state index contributed by atoms with van der Waals surface area (Å²) in [6.07, 6.45) is -5.98. The fourth-order valence-electron chi connectivity index (χ4n) is 5.64. The molecule has 29 heteroatoms. The van der Waals surface area contributed by atoms with Crippen molar-refractivity contribution in [1.29, 1.82) is 0 Å². The van der Waals surface area contributed by atoms with Crippen molar-refractivity contribution in [1.82, 2.24) is 30.2 Å². The van der Waals surface area contributed by atoms with Gasteiger partial charge in [0.2, 0.25) is 11.8 Å². The van der Waals surface area contributed by atoms with Crippen molar-refractivity contribution in [3.05, 3.63) is 12.7 Å². The van der Waals surface area contributed by atoms with Crippen LogP contribution in [0.15, 0.2) is 12.7 Å². The van der Waals surface area contributed by atoms with Gasteiger partial charge in [-0.15, -0.1) is 0 Å². The molecule has 0 bridgehead atoms. The first-order chi connectivity index (χ1) is 27.7. The molecule has 1 aliphatic rings. The highest BCUT2D eigenvalue weighted by Gasteiger charge is 2.50. The highest BCUT2D eigenvalue weighted by Crippen LogP contribution is 2.61. The molecule has 1 aliphatic heterocycles. The number of nitrogens with zero attached hydrogens (tertiary/aromatic N) is 4. The van der Waals surface area contributed by atoms with Crippen LogP contribution in [0, 0.1) is 17.3 Å². The SMILES string of the molecule is CC(C)CC(=O)CC(C)CC(=O)SCCNC(=O)CCNC(=O)[C@H](O)C(C)(C)COP(=O)(O)OP(=O)(O)OC[C@H]1O[C@@H](n2cnc3c(N)ncnc32)[C@H](O)[C@@H]1OP(=O)(O)O. The number of carbonyl (C=O) groups excluding carboxylic acids is 4.